The summed E-state index contributed by atoms with van der Waals surface area (Å²) in [5, 5.41) is 0. The smallest absolute Gasteiger partial charge is 0.226 e. The van der Waals surface area contributed by atoms with Crippen LogP contribution < -0.4 is 0 Å². The third-order valence-electron chi connectivity index (χ3n) is 6.12. The molecule has 2 aromatic rings. The maximum Gasteiger partial charge on any atom is 0.226 e. The van der Waals surface area contributed by atoms with Crippen LogP contribution in [0.25, 0.3) is 11.1 Å². The predicted molar refractivity (Wildman–Crippen MR) is 113 cm³/mol. The summed E-state index contributed by atoms with van der Waals surface area (Å²) >= 11 is 0. The van der Waals surface area contributed by atoms with E-state index in [1.807, 2.05) is 12.4 Å². The van der Waals surface area contributed by atoms with E-state index in [2.05, 4.69) is 58.2 Å². The summed E-state index contributed by atoms with van der Waals surface area (Å²) in [6, 6.07) is 8.69. The van der Waals surface area contributed by atoms with Gasteiger partial charge in [0, 0.05) is 43.1 Å². The summed E-state index contributed by atoms with van der Waals surface area (Å²) in [6.45, 7) is 3.55. The van der Waals surface area contributed by atoms with Crippen molar-refractivity contribution in [3.05, 3.63) is 60.7 Å². The van der Waals surface area contributed by atoms with Gasteiger partial charge in [-0.15, -0.1) is 0 Å². The zero-order valence-electron chi connectivity index (χ0n) is 17.0. The van der Waals surface area contributed by atoms with E-state index in [0.717, 1.165) is 49.8 Å². The Morgan fingerprint density at radius 3 is 2.59 bits per heavy atom. The second-order valence-electron chi connectivity index (χ2n) is 7.89. The van der Waals surface area contributed by atoms with Crippen LogP contribution in [0.5, 0.6) is 0 Å². The maximum absolute atomic E-state index is 13.1. The zero-order valence-corrected chi connectivity index (χ0v) is 17.0. The predicted octanol–water partition coefficient (Wildman–Crippen LogP) is 4.57. The Kier molecular flexibility index (Phi) is 6.35. The average molecular weight is 392 g/mol. The zero-order chi connectivity index (χ0) is 20.1. The lowest BCUT2D eigenvalue weighted by atomic mass is 9.90. The Bertz CT molecular complexity index is 835. The molecule has 0 bridgehead atoms. The Labute approximate surface area is 172 Å². The highest BCUT2D eigenvalue weighted by atomic mass is 16.5. The summed E-state index contributed by atoms with van der Waals surface area (Å²) in [5.41, 5.74) is 3.27. The molecule has 0 saturated carbocycles. The highest BCUT2D eigenvalue weighted by Crippen LogP contribution is 2.33. The molecule has 2 heterocycles. The van der Waals surface area contributed by atoms with E-state index < -0.39 is 0 Å². The molecular weight excluding hydrogens is 362 g/mol. The van der Waals surface area contributed by atoms with Crippen molar-refractivity contribution in [1.29, 1.82) is 0 Å². The summed E-state index contributed by atoms with van der Waals surface area (Å²) in [6.07, 6.45) is 14.2. The van der Waals surface area contributed by atoms with Crippen LogP contribution in [0.4, 0.5) is 0 Å². The standard InChI is InChI=1S/C24H29N3O2/c1-2-27(24(28)20-6-4-3-5-7-20)22-12-13-29-23(14-22)19-10-8-18(9-11-19)21-15-25-17-26-16-21/h3-4,8-11,15-17,20,22-23H,2,5-7,12-14H2,1H3/t20-,22+,23-/m1/s1. The lowest BCUT2D eigenvalue weighted by molar-refractivity contribution is -0.141. The molecule has 1 aromatic heterocycles. The summed E-state index contributed by atoms with van der Waals surface area (Å²) in [4.78, 5) is 23.4. The van der Waals surface area contributed by atoms with Crippen molar-refractivity contribution in [2.24, 2.45) is 5.92 Å². The summed E-state index contributed by atoms with van der Waals surface area (Å²) in [5.74, 6) is 0.468. The molecule has 1 aliphatic carbocycles. The van der Waals surface area contributed by atoms with Crippen molar-refractivity contribution in [2.75, 3.05) is 13.2 Å². The first-order valence-electron chi connectivity index (χ1n) is 10.7. The molecule has 1 aliphatic heterocycles. The van der Waals surface area contributed by atoms with Crippen LogP contribution in [-0.2, 0) is 9.53 Å². The molecule has 1 saturated heterocycles. The fourth-order valence-corrected chi connectivity index (χ4v) is 4.48. The van der Waals surface area contributed by atoms with Gasteiger partial charge in [0.25, 0.3) is 0 Å². The van der Waals surface area contributed by atoms with Crippen LogP contribution in [0.2, 0.25) is 0 Å². The molecule has 2 aliphatic rings. The molecule has 1 fully saturated rings. The van der Waals surface area contributed by atoms with Crippen molar-refractivity contribution in [3.8, 4) is 11.1 Å². The van der Waals surface area contributed by atoms with Crippen LogP contribution >= 0.6 is 0 Å². The Hall–Kier alpha value is -2.53. The van der Waals surface area contributed by atoms with Gasteiger partial charge in [0.2, 0.25) is 5.91 Å². The highest BCUT2D eigenvalue weighted by Gasteiger charge is 2.33. The second-order valence-corrected chi connectivity index (χ2v) is 7.89. The fraction of sp³-hybridized carbons (Fsp3) is 0.458. The number of ether oxygens (including phenoxy) is 1. The van der Waals surface area contributed by atoms with Gasteiger partial charge in [-0.25, -0.2) is 9.97 Å². The molecule has 0 N–H and O–H groups in total. The number of carbonyl (C=O) groups is 1. The van der Waals surface area contributed by atoms with Crippen molar-refractivity contribution in [2.45, 2.75) is 51.2 Å². The highest BCUT2D eigenvalue weighted by molar-refractivity contribution is 5.79. The minimum atomic E-state index is 0.0305. The van der Waals surface area contributed by atoms with Crippen LogP contribution in [0.15, 0.2) is 55.1 Å². The monoisotopic (exact) mass is 391 g/mol. The molecule has 1 aromatic carbocycles. The van der Waals surface area contributed by atoms with Gasteiger partial charge in [0.15, 0.2) is 0 Å². The van der Waals surface area contributed by atoms with Crippen LogP contribution in [0, 0.1) is 5.92 Å². The second kappa shape index (κ2) is 9.31. The van der Waals surface area contributed by atoms with Gasteiger partial charge >= 0.3 is 0 Å². The molecule has 5 heteroatoms. The minimum absolute atomic E-state index is 0.0305. The number of nitrogens with zero attached hydrogens (tertiary/aromatic N) is 3. The van der Waals surface area contributed by atoms with Gasteiger partial charge < -0.3 is 9.64 Å². The van der Waals surface area contributed by atoms with E-state index in [9.17, 15) is 4.79 Å². The largest absolute Gasteiger partial charge is 0.373 e. The normalized spacial score (nSPS) is 24.2. The number of hydrogen-bond donors (Lipinski definition) is 0. The van der Waals surface area contributed by atoms with Gasteiger partial charge in [-0.2, -0.15) is 0 Å². The Morgan fingerprint density at radius 1 is 1.10 bits per heavy atom. The molecule has 4 rings (SSSR count). The summed E-state index contributed by atoms with van der Waals surface area (Å²) < 4.78 is 6.09. The number of amides is 1. The average Bonchev–Trinajstić information content (AvgIpc) is 2.81. The van der Waals surface area contributed by atoms with Gasteiger partial charge in [-0.05, 0) is 50.2 Å². The minimum Gasteiger partial charge on any atom is -0.373 e. The molecule has 152 valence electrons. The van der Waals surface area contributed by atoms with Crippen molar-refractivity contribution >= 4 is 5.91 Å². The maximum atomic E-state index is 13.1. The third kappa shape index (κ3) is 4.56. The van der Waals surface area contributed by atoms with Crippen LogP contribution in [0.3, 0.4) is 0 Å². The van der Waals surface area contributed by atoms with E-state index >= 15 is 0 Å². The molecule has 0 unspecified atom stereocenters. The third-order valence-corrected chi connectivity index (χ3v) is 6.12. The molecule has 0 spiro atoms. The topological polar surface area (TPSA) is 55.3 Å². The Balaban J connectivity index is 1.44. The SMILES string of the molecule is CCN(C(=O)[C@@H]1CC=CCC1)[C@H]1CCO[C@@H](c2ccc(-c3cncnc3)cc2)C1. The first kappa shape index (κ1) is 19.8. The number of benzene rings is 1. The molecular formula is C24H29N3O2. The number of hydrogen-bond acceptors (Lipinski definition) is 4. The van der Waals surface area contributed by atoms with Crippen LogP contribution in [-0.4, -0.2) is 40.0 Å². The molecule has 3 atom stereocenters. The van der Waals surface area contributed by atoms with E-state index in [0.29, 0.717) is 12.5 Å². The lowest BCUT2D eigenvalue weighted by Gasteiger charge is -2.39. The molecule has 1 amide bonds. The van der Waals surface area contributed by atoms with Crippen molar-refractivity contribution < 1.29 is 9.53 Å². The molecule has 0 radical (unpaired) electrons. The van der Waals surface area contributed by atoms with Gasteiger partial charge in [0.05, 0.1) is 6.10 Å². The van der Waals surface area contributed by atoms with E-state index in [-0.39, 0.29) is 18.1 Å². The molecule has 29 heavy (non-hydrogen) atoms. The van der Waals surface area contributed by atoms with E-state index in [1.54, 1.807) is 0 Å². The quantitative estimate of drug-likeness (QED) is 0.701. The van der Waals surface area contributed by atoms with Crippen molar-refractivity contribution in [3.63, 3.8) is 0 Å². The van der Waals surface area contributed by atoms with Gasteiger partial charge in [-0.3, -0.25) is 4.79 Å². The first-order valence-corrected chi connectivity index (χ1v) is 10.7. The number of carbonyl (C=O) groups excluding carboxylic acids is 1. The lowest BCUT2D eigenvalue weighted by Crippen LogP contribution is -2.46. The van der Waals surface area contributed by atoms with Gasteiger partial charge in [-0.1, -0.05) is 36.4 Å². The first-order chi connectivity index (χ1) is 14.3. The van der Waals surface area contributed by atoms with Gasteiger partial charge in [0.1, 0.15) is 6.33 Å². The van der Waals surface area contributed by atoms with Crippen molar-refractivity contribution in [1.82, 2.24) is 14.9 Å². The number of allylic oxidation sites excluding steroid dienone is 2. The number of rotatable bonds is 5. The fourth-order valence-electron chi connectivity index (χ4n) is 4.48. The number of aromatic nitrogens is 2. The van der Waals surface area contributed by atoms with Crippen LogP contribution in [0.1, 0.15) is 50.7 Å². The Morgan fingerprint density at radius 2 is 1.90 bits per heavy atom. The molecule has 5 nitrogen and oxygen atoms in total. The van der Waals surface area contributed by atoms with E-state index in [4.69, 9.17) is 4.74 Å². The summed E-state index contributed by atoms with van der Waals surface area (Å²) in [7, 11) is 0. The van der Waals surface area contributed by atoms with E-state index in [1.165, 1.54) is 11.9 Å².